The summed E-state index contributed by atoms with van der Waals surface area (Å²) >= 11 is 0. The average Bonchev–Trinajstić information content (AvgIpc) is 2.90. The van der Waals surface area contributed by atoms with Gasteiger partial charge in [-0.15, -0.1) is 0 Å². The minimum absolute atomic E-state index is 0.107. The SMILES string of the molecule is CCOC(=O)/C=C1\NC2(CCCCC2)CC12C=CC(=O)C(OC)=C2OC. The van der Waals surface area contributed by atoms with Crippen LogP contribution >= 0.6 is 0 Å². The molecular formula is C20H27NO5. The van der Waals surface area contributed by atoms with Gasteiger partial charge in [-0.05, 0) is 32.3 Å². The van der Waals surface area contributed by atoms with Crippen LogP contribution in [0.1, 0.15) is 45.4 Å². The molecule has 2 fully saturated rings. The molecule has 1 atom stereocenters. The van der Waals surface area contributed by atoms with Crippen LogP contribution in [0.5, 0.6) is 0 Å². The Morgan fingerprint density at radius 1 is 1.23 bits per heavy atom. The summed E-state index contributed by atoms with van der Waals surface area (Å²) in [7, 11) is 3.00. The maximum absolute atomic E-state index is 12.3. The van der Waals surface area contributed by atoms with Crippen LogP contribution < -0.4 is 5.32 Å². The number of ketones is 1. The van der Waals surface area contributed by atoms with E-state index in [0.29, 0.717) is 18.1 Å². The molecule has 0 radical (unpaired) electrons. The zero-order chi connectivity index (χ0) is 18.8. The lowest BCUT2D eigenvalue weighted by Gasteiger charge is -2.36. The number of carbonyl (C=O) groups excluding carboxylic acids is 2. The number of ether oxygens (including phenoxy) is 3. The van der Waals surface area contributed by atoms with Crippen molar-refractivity contribution in [3.8, 4) is 0 Å². The van der Waals surface area contributed by atoms with Gasteiger partial charge in [-0.1, -0.05) is 25.3 Å². The van der Waals surface area contributed by atoms with Crippen molar-refractivity contribution in [2.24, 2.45) is 5.41 Å². The van der Waals surface area contributed by atoms with Crippen molar-refractivity contribution in [1.29, 1.82) is 0 Å². The van der Waals surface area contributed by atoms with Gasteiger partial charge in [0.25, 0.3) is 0 Å². The van der Waals surface area contributed by atoms with Crippen LogP contribution in [0.25, 0.3) is 0 Å². The molecule has 0 aromatic rings. The van der Waals surface area contributed by atoms with Gasteiger partial charge >= 0.3 is 5.97 Å². The van der Waals surface area contributed by atoms with E-state index in [1.54, 1.807) is 6.92 Å². The van der Waals surface area contributed by atoms with Crippen molar-refractivity contribution < 1.29 is 23.8 Å². The maximum atomic E-state index is 12.3. The first-order valence-electron chi connectivity index (χ1n) is 9.24. The molecule has 0 amide bonds. The molecule has 6 nitrogen and oxygen atoms in total. The highest BCUT2D eigenvalue weighted by Gasteiger charge is 2.55. The molecule has 1 unspecified atom stereocenters. The van der Waals surface area contributed by atoms with E-state index in [2.05, 4.69) is 5.32 Å². The predicted octanol–water partition coefficient (Wildman–Crippen LogP) is 2.76. The lowest BCUT2D eigenvalue weighted by atomic mass is 9.70. The van der Waals surface area contributed by atoms with Crippen LogP contribution in [0.15, 0.2) is 35.4 Å². The van der Waals surface area contributed by atoms with E-state index < -0.39 is 11.4 Å². The van der Waals surface area contributed by atoms with Gasteiger partial charge in [0.05, 0.1) is 26.2 Å². The third kappa shape index (κ3) is 3.02. The minimum Gasteiger partial charge on any atom is -0.496 e. The monoisotopic (exact) mass is 361 g/mol. The minimum atomic E-state index is -0.710. The van der Waals surface area contributed by atoms with Gasteiger partial charge in [-0.3, -0.25) is 4.79 Å². The topological polar surface area (TPSA) is 73.9 Å². The number of methoxy groups -OCH3 is 2. The number of carbonyl (C=O) groups is 2. The third-order valence-corrected chi connectivity index (χ3v) is 5.62. The fourth-order valence-electron chi connectivity index (χ4n) is 4.57. The van der Waals surface area contributed by atoms with Gasteiger partial charge in [0, 0.05) is 17.3 Å². The number of rotatable bonds is 4. The normalized spacial score (nSPS) is 28.6. The van der Waals surface area contributed by atoms with Crippen LogP contribution in [0, 0.1) is 5.41 Å². The summed E-state index contributed by atoms with van der Waals surface area (Å²) in [6.07, 6.45) is 11.1. The molecule has 1 N–H and O–H groups in total. The van der Waals surface area contributed by atoms with Gasteiger partial charge < -0.3 is 19.5 Å². The number of nitrogens with one attached hydrogen (secondary N) is 1. The van der Waals surface area contributed by atoms with E-state index in [9.17, 15) is 9.59 Å². The molecular weight excluding hydrogens is 334 g/mol. The Kier molecular flexibility index (Phi) is 5.12. The molecule has 6 heteroatoms. The lowest BCUT2D eigenvalue weighted by Crippen LogP contribution is -2.40. The van der Waals surface area contributed by atoms with Crippen LogP contribution in [-0.4, -0.2) is 38.1 Å². The molecule has 3 aliphatic rings. The Hall–Kier alpha value is -2.24. The number of hydrogen-bond donors (Lipinski definition) is 1. The number of hydrogen-bond acceptors (Lipinski definition) is 6. The molecule has 0 aromatic carbocycles. The maximum Gasteiger partial charge on any atom is 0.332 e. The highest BCUT2D eigenvalue weighted by molar-refractivity contribution is 6.04. The Labute approximate surface area is 154 Å². The first-order valence-corrected chi connectivity index (χ1v) is 9.24. The Bertz CT molecular complexity index is 684. The molecule has 1 aliphatic heterocycles. The van der Waals surface area contributed by atoms with Gasteiger partial charge in [0.2, 0.25) is 11.5 Å². The van der Waals surface area contributed by atoms with E-state index in [-0.39, 0.29) is 17.1 Å². The van der Waals surface area contributed by atoms with Crippen LogP contribution in [0.4, 0.5) is 0 Å². The van der Waals surface area contributed by atoms with E-state index in [4.69, 9.17) is 14.2 Å². The Balaban J connectivity index is 2.11. The van der Waals surface area contributed by atoms with Crippen molar-refractivity contribution in [2.45, 2.75) is 51.0 Å². The molecule has 2 spiro atoms. The third-order valence-electron chi connectivity index (χ3n) is 5.62. The molecule has 1 heterocycles. The lowest BCUT2D eigenvalue weighted by molar-refractivity contribution is -0.137. The van der Waals surface area contributed by atoms with Gasteiger partial charge in [0.1, 0.15) is 0 Å². The van der Waals surface area contributed by atoms with Crippen LogP contribution in [0.2, 0.25) is 0 Å². The zero-order valence-corrected chi connectivity index (χ0v) is 15.7. The summed E-state index contributed by atoms with van der Waals surface area (Å²) in [5, 5.41) is 3.61. The van der Waals surface area contributed by atoms with E-state index in [1.807, 2.05) is 6.08 Å². The first-order chi connectivity index (χ1) is 12.5. The quantitative estimate of drug-likeness (QED) is 0.613. The summed E-state index contributed by atoms with van der Waals surface area (Å²) in [5.74, 6) is 0.0226. The number of esters is 1. The molecule has 0 aromatic heterocycles. The highest BCUT2D eigenvalue weighted by Crippen LogP contribution is 2.55. The molecule has 3 rings (SSSR count). The molecule has 26 heavy (non-hydrogen) atoms. The smallest absolute Gasteiger partial charge is 0.332 e. The van der Waals surface area contributed by atoms with Crippen LogP contribution in [-0.2, 0) is 23.8 Å². The van der Waals surface area contributed by atoms with Crippen molar-refractivity contribution in [3.63, 3.8) is 0 Å². The standard InChI is InChI=1S/C20H27NO5/c1-4-26-16(23)12-15-20(13-19(21-15)9-6-5-7-10-19)11-8-14(22)17(24-2)18(20)25-3/h8,11-12,21H,4-7,9-10,13H2,1-3H3/b15-12-. The van der Waals surface area contributed by atoms with Crippen molar-refractivity contribution >= 4 is 11.8 Å². The van der Waals surface area contributed by atoms with E-state index >= 15 is 0 Å². The summed E-state index contributed by atoms with van der Waals surface area (Å²) in [4.78, 5) is 24.4. The van der Waals surface area contributed by atoms with Crippen molar-refractivity contribution in [3.05, 3.63) is 35.4 Å². The van der Waals surface area contributed by atoms with Crippen molar-refractivity contribution in [1.82, 2.24) is 5.32 Å². The zero-order valence-electron chi connectivity index (χ0n) is 15.7. The summed E-state index contributed by atoms with van der Waals surface area (Å²) in [6, 6.07) is 0. The number of allylic oxidation sites excluding steroid dienone is 1. The fraction of sp³-hybridized carbons (Fsp3) is 0.600. The molecule has 0 bridgehead atoms. The summed E-state index contributed by atoms with van der Waals surface area (Å²) < 4.78 is 16.1. The molecule has 2 aliphatic carbocycles. The largest absolute Gasteiger partial charge is 0.496 e. The molecule has 1 saturated carbocycles. The fourth-order valence-corrected chi connectivity index (χ4v) is 4.57. The van der Waals surface area contributed by atoms with Gasteiger partial charge in [-0.2, -0.15) is 0 Å². The summed E-state index contributed by atoms with van der Waals surface area (Å²) in [5.41, 5.74) is -0.102. The Morgan fingerprint density at radius 2 is 1.96 bits per heavy atom. The summed E-state index contributed by atoms with van der Waals surface area (Å²) in [6.45, 7) is 2.09. The average molecular weight is 361 g/mol. The molecule has 1 saturated heterocycles. The second kappa shape index (κ2) is 7.17. The highest BCUT2D eigenvalue weighted by atomic mass is 16.5. The first kappa shape index (κ1) is 18.5. The second-order valence-corrected chi connectivity index (χ2v) is 7.19. The van der Waals surface area contributed by atoms with E-state index in [0.717, 1.165) is 32.1 Å². The Morgan fingerprint density at radius 3 is 2.58 bits per heavy atom. The van der Waals surface area contributed by atoms with Gasteiger partial charge in [-0.25, -0.2) is 4.79 Å². The predicted molar refractivity (Wildman–Crippen MR) is 95.9 cm³/mol. The van der Waals surface area contributed by atoms with Gasteiger partial charge in [0.15, 0.2) is 5.76 Å². The van der Waals surface area contributed by atoms with Crippen LogP contribution in [0.3, 0.4) is 0 Å². The van der Waals surface area contributed by atoms with E-state index in [1.165, 1.54) is 32.8 Å². The van der Waals surface area contributed by atoms with Crippen molar-refractivity contribution in [2.75, 3.05) is 20.8 Å². The molecule has 142 valence electrons. The second-order valence-electron chi connectivity index (χ2n) is 7.19.